The molecule has 0 spiro atoms. The van der Waals surface area contributed by atoms with Crippen molar-refractivity contribution in [1.29, 1.82) is 0 Å². The zero-order valence-corrected chi connectivity index (χ0v) is 23.3. The zero-order chi connectivity index (χ0) is 28.1. The van der Waals surface area contributed by atoms with Gasteiger partial charge in [-0.15, -0.1) is 0 Å². The number of benzene rings is 2. The molecule has 1 atom stereocenters. The molecule has 7 nitrogen and oxygen atoms in total. The first kappa shape index (κ1) is 27.9. The Bertz CT molecular complexity index is 1310. The fourth-order valence-corrected chi connectivity index (χ4v) is 5.58. The highest BCUT2D eigenvalue weighted by Crippen LogP contribution is 2.38. The smallest absolute Gasteiger partial charge is 0.287 e. The number of carbonyl (C=O) groups excluding carboxylic acids is 2. The summed E-state index contributed by atoms with van der Waals surface area (Å²) in [5, 5.41) is 2.93. The molecule has 2 amide bonds. The van der Waals surface area contributed by atoms with E-state index < -0.39 is 0 Å². The van der Waals surface area contributed by atoms with Crippen LogP contribution in [0, 0.1) is 11.7 Å². The molecule has 0 saturated carbocycles. The molecule has 5 rings (SSSR count). The van der Waals surface area contributed by atoms with E-state index in [1.165, 1.54) is 25.0 Å². The number of halogens is 1. The van der Waals surface area contributed by atoms with Crippen LogP contribution in [0.25, 0.3) is 0 Å². The number of ether oxygens (including phenoxy) is 1. The predicted molar refractivity (Wildman–Crippen MR) is 151 cm³/mol. The van der Waals surface area contributed by atoms with E-state index in [0.29, 0.717) is 31.0 Å². The Morgan fingerprint density at radius 2 is 1.82 bits per heavy atom. The maximum atomic E-state index is 13.7. The highest BCUT2D eigenvalue weighted by molar-refractivity contribution is 5.91. The van der Waals surface area contributed by atoms with E-state index in [0.717, 1.165) is 42.7 Å². The Hall–Kier alpha value is -3.65. The van der Waals surface area contributed by atoms with E-state index in [2.05, 4.69) is 10.2 Å². The van der Waals surface area contributed by atoms with Crippen LogP contribution in [-0.4, -0.2) is 54.3 Å². The Kier molecular flexibility index (Phi) is 8.85. The van der Waals surface area contributed by atoms with Crippen LogP contribution in [0.3, 0.4) is 0 Å². The van der Waals surface area contributed by atoms with Gasteiger partial charge in [0.25, 0.3) is 5.91 Å². The van der Waals surface area contributed by atoms with Gasteiger partial charge in [0.05, 0.1) is 6.04 Å². The highest BCUT2D eigenvalue weighted by Gasteiger charge is 2.32. The quantitative estimate of drug-likeness (QED) is 0.371. The monoisotopic (exact) mass is 547 g/mol. The molecule has 1 unspecified atom stereocenters. The number of nitrogens with zero attached hydrogens (tertiary/aromatic N) is 2. The minimum Gasteiger partial charge on any atom is -0.486 e. The first-order chi connectivity index (χ1) is 19.4. The molecule has 0 aliphatic carbocycles. The summed E-state index contributed by atoms with van der Waals surface area (Å²) in [6.07, 6.45) is 3.64. The van der Waals surface area contributed by atoms with Crippen LogP contribution in [0.5, 0.6) is 5.75 Å². The first-order valence-electron chi connectivity index (χ1n) is 14.3. The topological polar surface area (TPSA) is 75.0 Å². The van der Waals surface area contributed by atoms with Gasteiger partial charge < -0.3 is 24.3 Å². The molecule has 3 heterocycles. The first-order valence-corrected chi connectivity index (χ1v) is 14.3. The number of hydrogen-bond donors (Lipinski definition) is 1. The number of likely N-dealkylation sites (tertiary alicyclic amines) is 1. The normalized spacial score (nSPS) is 17.2. The van der Waals surface area contributed by atoms with Crippen molar-refractivity contribution in [1.82, 2.24) is 15.1 Å². The molecule has 3 aromatic rings. The molecule has 8 heteroatoms. The van der Waals surface area contributed by atoms with Crippen LogP contribution < -0.4 is 10.1 Å². The van der Waals surface area contributed by atoms with Crippen LogP contribution in [0.2, 0.25) is 0 Å². The van der Waals surface area contributed by atoms with Gasteiger partial charge in [-0.1, -0.05) is 32.0 Å². The molecule has 212 valence electrons. The second kappa shape index (κ2) is 12.7. The minimum absolute atomic E-state index is 0.0862. The standard InChI is InChI=1S/C32H38FN3O4/c1-22(2)19-30(37)36-17-13-23-7-10-26(20-28(23)31(36)24-5-8-25(33)9-6-24)39-21-27-11-12-29(40-27)32(38)34-14-18-35-15-3-4-16-35/h5-12,20,22,31H,3-4,13-19,21H2,1-2H3,(H,34,38). The molecule has 0 bridgehead atoms. The summed E-state index contributed by atoms with van der Waals surface area (Å²) in [5.74, 6) is 1.23. The van der Waals surface area contributed by atoms with Crippen LogP contribution in [0.15, 0.2) is 59.0 Å². The number of nitrogens with one attached hydrogen (secondary N) is 1. The summed E-state index contributed by atoms with van der Waals surface area (Å²) in [6.45, 7) is 8.47. The molecule has 1 aromatic heterocycles. The van der Waals surface area contributed by atoms with E-state index >= 15 is 0 Å². The molecular weight excluding hydrogens is 509 g/mol. The van der Waals surface area contributed by atoms with Gasteiger partial charge in [-0.2, -0.15) is 0 Å². The maximum Gasteiger partial charge on any atom is 0.287 e. The van der Waals surface area contributed by atoms with E-state index in [4.69, 9.17) is 9.15 Å². The minimum atomic E-state index is -0.321. The van der Waals surface area contributed by atoms with Crippen molar-refractivity contribution in [2.75, 3.05) is 32.7 Å². The summed E-state index contributed by atoms with van der Waals surface area (Å²) >= 11 is 0. The SMILES string of the molecule is CC(C)CC(=O)N1CCc2ccc(OCc3ccc(C(=O)NCCN4CCCC4)o3)cc2C1c1ccc(F)cc1. The van der Waals surface area contributed by atoms with Crippen LogP contribution >= 0.6 is 0 Å². The average Bonchev–Trinajstić information content (AvgIpc) is 3.64. The maximum absolute atomic E-state index is 13.7. The van der Waals surface area contributed by atoms with Crippen molar-refractivity contribution in [2.24, 2.45) is 5.92 Å². The van der Waals surface area contributed by atoms with Gasteiger partial charge >= 0.3 is 0 Å². The second-order valence-electron chi connectivity index (χ2n) is 11.1. The summed E-state index contributed by atoms with van der Waals surface area (Å²) < 4.78 is 25.6. The van der Waals surface area contributed by atoms with Crippen LogP contribution in [-0.2, 0) is 17.8 Å². The second-order valence-corrected chi connectivity index (χ2v) is 11.1. The molecule has 0 radical (unpaired) electrons. The summed E-state index contributed by atoms with van der Waals surface area (Å²) in [5.41, 5.74) is 2.98. The molecule has 40 heavy (non-hydrogen) atoms. The fourth-order valence-electron chi connectivity index (χ4n) is 5.58. The lowest BCUT2D eigenvalue weighted by atomic mass is 9.87. The Morgan fingerprint density at radius 1 is 1.05 bits per heavy atom. The molecule has 2 aliphatic rings. The van der Waals surface area contributed by atoms with E-state index in [9.17, 15) is 14.0 Å². The van der Waals surface area contributed by atoms with Gasteiger partial charge in [0.1, 0.15) is 23.9 Å². The van der Waals surface area contributed by atoms with Crippen molar-refractivity contribution >= 4 is 11.8 Å². The molecular formula is C32H38FN3O4. The van der Waals surface area contributed by atoms with Gasteiger partial charge in [0, 0.05) is 26.1 Å². The number of fused-ring (bicyclic) bond motifs is 1. The Balaban J connectivity index is 1.27. The van der Waals surface area contributed by atoms with E-state index in [1.807, 2.05) is 36.9 Å². The van der Waals surface area contributed by atoms with Gasteiger partial charge in [-0.3, -0.25) is 9.59 Å². The van der Waals surface area contributed by atoms with Crippen molar-refractivity contribution in [3.8, 4) is 5.75 Å². The largest absolute Gasteiger partial charge is 0.486 e. The fraction of sp³-hybridized carbons (Fsp3) is 0.438. The van der Waals surface area contributed by atoms with Crippen molar-refractivity contribution in [3.05, 3.63) is 88.6 Å². The van der Waals surface area contributed by atoms with E-state index in [1.54, 1.807) is 24.3 Å². The molecule has 1 saturated heterocycles. The number of amides is 2. The summed E-state index contributed by atoms with van der Waals surface area (Å²) in [7, 11) is 0. The highest BCUT2D eigenvalue weighted by atomic mass is 19.1. The Labute approximate surface area is 235 Å². The van der Waals surface area contributed by atoms with Gasteiger partial charge in [-0.25, -0.2) is 4.39 Å². The van der Waals surface area contributed by atoms with Crippen LogP contribution in [0.1, 0.15) is 72.2 Å². The van der Waals surface area contributed by atoms with Crippen LogP contribution in [0.4, 0.5) is 4.39 Å². The van der Waals surface area contributed by atoms with Gasteiger partial charge in [0.2, 0.25) is 5.91 Å². The lowest BCUT2D eigenvalue weighted by molar-refractivity contribution is -0.134. The van der Waals surface area contributed by atoms with Gasteiger partial charge in [0.15, 0.2) is 5.76 Å². The van der Waals surface area contributed by atoms with Gasteiger partial charge in [-0.05, 0) is 91.4 Å². The zero-order valence-electron chi connectivity index (χ0n) is 23.3. The molecule has 2 aliphatic heterocycles. The summed E-state index contributed by atoms with van der Waals surface area (Å²) in [6, 6.07) is 15.4. The average molecular weight is 548 g/mol. The third kappa shape index (κ3) is 6.73. The summed E-state index contributed by atoms with van der Waals surface area (Å²) in [4.78, 5) is 30.0. The third-order valence-electron chi connectivity index (χ3n) is 7.61. The number of furan rings is 1. The molecule has 1 N–H and O–H groups in total. The lowest BCUT2D eigenvalue weighted by Gasteiger charge is -2.38. The van der Waals surface area contributed by atoms with Crippen molar-refractivity contribution in [2.45, 2.75) is 52.2 Å². The lowest BCUT2D eigenvalue weighted by Crippen LogP contribution is -2.41. The van der Waals surface area contributed by atoms with Crippen molar-refractivity contribution in [3.63, 3.8) is 0 Å². The molecule has 1 fully saturated rings. The number of carbonyl (C=O) groups is 2. The number of hydrogen-bond acceptors (Lipinski definition) is 5. The molecule has 2 aromatic carbocycles. The third-order valence-corrected chi connectivity index (χ3v) is 7.61. The Morgan fingerprint density at radius 3 is 2.58 bits per heavy atom. The number of rotatable bonds is 10. The van der Waals surface area contributed by atoms with E-state index in [-0.39, 0.29) is 42.0 Å². The van der Waals surface area contributed by atoms with Crippen molar-refractivity contribution < 1.29 is 23.1 Å². The predicted octanol–water partition coefficient (Wildman–Crippen LogP) is 5.34.